The number of phenols is 1. The van der Waals surface area contributed by atoms with Crippen molar-refractivity contribution in [1.29, 1.82) is 0 Å². The van der Waals surface area contributed by atoms with Crippen LogP contribution < -0.4 is 5.32 Å². The first-order chi connectivity index (χ1) is 6.56. The highest BCUT2D eigenvalue weighted by Gasteiger charge is 2.16. The van der Waals surface area contributed by atoms with E-state index in [9.17, 15) is 15.2 Å². The maximum Gasteiger partial charge on any atom is 0.296 e. The summed E-state index contributed by atoms with van der Waals surface area (Å²) in [4.78, 5) is 10.1. The second-order valence-electron chi connectivity index (χ2n) is 2.61. The SMILES string of the molecule is CCNc1cc(Br)c(O)cc1[N+](=O)[O-]. The van der Waals surface area contributed by atoms with Gasteiger partial charge in [-0.2, -0.15) is 0 Å². The van der Waals surface area contributed by atoms with Gasteiger partial charge in [0.2, 0.25) is 0 Å². The van der Waals surface area contributed by atoms with Crippen LogP contribution in [0.3, 0.4) is 0 Å². The summed E-state index contributed by atoms with van der Waals surface area (Å²) in [5.41, 5.74) is 0.259. The Morgan fingerprint density at radius 3 is 2.79 bits per heavy atom. The van der Waals surface area contributed by atoms with E-state index in [0.29, 0.717) is 16.7 Å². The maximum atomic E-state index is 10.6. The molecule has 0 fully saturated rings. The standard InChI is InChI=1S/C8H9BrN2O3/c1-2-10-6-3-5(9)8(12)4-7(6)11(13)14/h3-4,10,12H,2H2,1H3. The van der Waals surface area contributed by atoms with Crippen molar-refractivity contribution in [2.45, 2.75) is 6.92 Å². The molecule has 0 saturated heterocycles. The van der Waals surface area contributed by atoms with Gasteiger partial charge in [-0.3, -0.25) is 10.1 Å². The van der Waals surface area contributed by atoms with E-state index in [2.05, 4.69) is 21.2 Å². The van der Waals surface area contributed by atoms with Crippen molar-refractivity contribution >= 4 is 27.3 Å². The summed E-state index contributed by atoms with van der Waals surface area (Å²) >= 11 is 3.09. The molecule has 14 heavy (non-hydrogen) atoms. The number of halogens is 1. The predicted molar refractivity (Wildman–Crippen MR) is 56.6 cm³/mol. The molecule has 0 atom stereocenters. The minimum Gasteiger partial charge on any atom is -0.507 e. The Morgan fingerprint density at radius 1 is 1.64 bits per heavy atom. The van der Waals surface area contributed by atoms with Gasteiger partial charge in [0.15, 0.2) is 0 Å². The van der Waals surface area contributed by atoms with Crippen molar-refractivity contribution in [3.63, 3.8) is 0 Å². The zero-order valence-electron chi connectivity index (χ0n) is 7.45. The number of benzene rings is 1. The monoisotopic (exact) mass is 260 g/mol. The first kappa shape index (κ1) is 10.8. The lowest BCUT2D eigenvalue weighted by atomic mass is 10.2. The normalized spacial score (nSPS) is 9.86. The Bertz CT molecular complexity index is 368. The summed E-state index contributed by atoms with van der Waals surface area (Å²) < 4.78 is 0.430. The molecule has 0 unspecified atom stereocenters. The van der Waals surface area contributed by atoms with Gasteiger partial charge in [-0.05, 0) is 28.9 Å². The molecule has 0 aliphatic rings. The van der Waals surface area contributed by atoms with Crippen LogP contribution in [-0.2, 0) is 0 Å². The minimum absolute atomic E-state index is 0.132. The zero-order chi connectivity index (χ0) is 10.7. The van der Waals surface area contributed by atoms with Crippen LogP contribution in [0.1, 0.15) is 6.92 Å². The summed E-state index contributed by atoms with van der Waals surface area (Å²) in [6, 6.07) is 2.60. The molecule has 1 rings (SSSR count). The first-order valence-corrected chi connectivity index (χ1v) is 4.76. The number of nitro benzene ring substituents is 1. The molecule has 0 saturated carbocycles. The van der Waals surface area contributed by atoms with E-state index < -0.39 is 4.92 Å². The number of nitro groups is 1. The smallest absolute Gasteiger partial charge is 0.296 e. The topological polar surface area (TPSA) is 75.4 Å². The fourth-order valence-corrected chi connectivity index (χ4v) is 1.38. The van der Waals surface area contributed by atoms with E-state index in [1.807, 2.05) is 6.92 Å². The van der Waals surface area contributed by atoms with Gasteiger partial charge in [0, 0.05) is 6.54 Å². The molecule has 5 nitrogen and oxygen atoms in total. The Balaban J connectivity index is 3.24. The van der Waals surface area contributed by atoms with E-state index in [1.54, 1.807) is 0 Å². The third kappa shape index (κ3) is 2.14. The Labute approximate surface area is 89.0 Å². The van der Waals surface area contributed by atoms with Crippen molar-refractivity contribution in [3.05, 3.63) is 26.7 Å². The van der Waals surface area contributed by atoms with Gasteiger partial charge < -0.3 is 10.4 Å². The van der Waals surface area contributed by atoms with Gasteiger partial charge in [-0.1, -0.05) is 0 Å². The number of nitrogens with one attached hydrogen (secondary N) is 1. The molecule has 2 N–H and O–H groups in total. The van der Waals surface area contributed by atoms with Crippen molar-refractivity contribution < 1.29 is 10.0 Å². The molecular formula is C8H9BrN2O3. The van der Waals surface area contributed by atoms with E-state index in [0.717, 1.165) is 6.07 Å². The van der Waals surface area contributed by atoms with E-state index in [1.165, 1.54) is 6.07 Å². The maximum absolute atomic E-state index is 10.6. The lowest BCUT2D eigenvalue weighted by molar-refractivity contribution is -0.384. The first-order valence-electron chi connectivity index (χ1n) is 3.97. The molecule has 6 heteroatoms. The van der Waals surface area contributed by atoms with Crippen LogP contribution in [-0.4, -0.2) is 16.6 Å². The van der Waals surface area contributed by atoms with Gasteiger partial charge in [-0.15, -0.1) is 0 Å². The molecule has 76 valence electrons. The van der Waals surface area contributed by atoms with E-state index >= 15 is 0 Å². The van der Waals surface area contributed by atoms with Crippen LogP contribution >= 0.6 is 15.9 Å². The largest absolute Gasteiger partial charge is 0.507 e. The second-order valence-corrected chi connectivity index (χ2v) is 3.46. The molecule has 0 aliphatic heterocycles. The fraction of sp³-hybridized carbons (Fsp3) is 0.250. The van der Waals surface area contributed by atoms with Gasteiger partial charge >= 0.3 is 0 Å². The van der Waals surface area contributed by atoms with E-state index in [4.69, 9.17) is 0 Å². The lowest BCUT2D eigenvalue weighted by Crippen LogP contribution is -2.01. The summed E-state index contributed by atoms with van der Waals surface area (Å²) in [6.07, 6.45) is 0. The van der Waals surface area contributed by atoms with Crippen molar-refractivity contribution in [1.82, 2.24) is 0 Å². The molecule has 1 aromatic carbocycles. The number of hydrogen-bond donors (Lipinski definition) is 2. The zero-order valence-corrected chi connectivity index (χ0v) is 9.04. The highest BCUT2D eigenvalue weighted by molar-refractivity contribution is 9.10. The molecule has 0 aliphatic carbocycles. The van der Waals surface area contributed by atoms with Crippen molar-refractivity contribution in [2.75, 3.05) is 11.9 Å². The Hall–Kier alpha value is -1.30. The molecule has 0 amide bonds. The number of anilines is 1. The van der Waals surface area contributed by atoms with Crippen molar-refractivity contribution in [2.24, 2.45) is 0 Å². The van der Waals surface area contributed by atoms with E-state index in [-0.39, 0.29) is 11.4 Å². The fourth-order valence-electron chi connectivity index (χ4n) is 1.03. The number of nitrogens with zero attached hydrogens (tertiary/aromatic N) is 1. The summed E-state index contributed by atoms with van der Waals surface area (Å²) in [5.74, 6) is -0.140. The number of hydrogen-bond acceptors (Lipinski definition) is 4. The minimum atomic E-state index is -0.538. The van der Waals surface area contributed by atoms with Crippen LogP contribution in [0.15, 0.2) is 16.6 Å². The average molecular weight is 261 g/mol. The summed E-state index contributed by atoms with van der Waals surface area (Å²) in [7, 11) is 0. The molecule has 0 bridgehead atoms. The summed E-state index contributed by atoms with van der Waals surface area (Å²) in [6.45, 7) is 2.42. The predicted octanol–water partition coefficient (Wildman–Crippen LogP) is 2.49. The second kappa shape index (κ2) is 4.28. The van der Waals surface area contributed by atoms with Crippen molar-refractivity contribution in [3.8, 4) is 5.75 Å². The lowest BCUT2D eigenvalue weighted by Gasteiger charge is -2.05. The Kier molecular flexibility index (Phi) is 3.29. The van der Waals surface area contributed by atoms with Crippen LogP contribution in [0, 0.1) is 10.1 Å². The third-order valence-electron chi connectivity index (χ3n) is 1.63. The highest BCUT2D eigenvalue weighted by atomic mass is 79.9. The Morgan fingerprint density at radius 2 is 2.29 bits per heavy atom. The van der Waals surface area contributed by atoms with Crippen LogP contribution in [0.25, 0.3) is 0 Å². The van der Waals surface area contributed by atoms with Gasteiger partial charge in [0.1, 0.15) is 11.4 Å². The van der Waals surface area contributed by atoms with Gasteiger partial charge in [0.05, 0.1) is 15.5 Å². The van der Waals surface area contributed by atoms with Crippen LogP contribution in [0.5, 0.6) is 5.75 Å². The quantitative estimate of drug-likeness (QED) is 0.498. The highest BCUT2D eigenvalue weighted by Crippen LogP contribution is 2.34. The number of aromatic hydroxyl groups is 1. The summed E-state index contributed by atoms with van der Waals surface area (Å²) in [5, 5.41) is 22.7. The average Bonchev–Trinajstić information content (AvgIpc) is 2.11. The van der Waals surface area contributed by atoms with Gasteiger partial charge in [0.25, 0.3) is 5.69 Å². The molecular weight excluding hydrogens is 252 g/mol. The molecule has 0 aromatic heterocycles. The molecule has 1 aromatic rings. The van der Waals surface area contributed by atoms with Crippen LogP contribution in [0.2, 0.25) is 0 Å². The number of rotatable bonds is 3. The van der Waals surface area contributed by atoms with Gasteiger partial charge in [-0.25, -0.2) is 0 Å². The molecule has 0 spiro atoms. The molecule has 0 radical (unpaired) electrons. The van der Waals surface area contributed by atoms with Crippen LogP contribution in [0.4, 0.5) is 11.4 Å². The third-order valence-corrected chi connectivity index (χ3v) is 2.26. The number of phenolic OH excluding ortho intramolecular Hbond substituents is 1. The molecule has 0 heterocycles.